The lowest BCUT2D eigenvalue weighted by Crippen LogP contribution is -2.71. The van der Waals surface area contributed by atoms with Crippen LogP contribution in [0.4, 0.5) is 0 Å². The third-order valence-electron chi connectivity index (χ3n) is 9.69. The van der Waals surface area contributed by atoms with Crippen molar-refractivity contribution < 1.29 is 111 Å². The number of rotatable bonds is 15. The Hall–Kier alpha value is -2.40. The first-order valence-corrected chi connectivity index (χ1v) is 19.1. The molecule has 4 saturated heterocycles. The van der Waals surface area contributed by atoms with Crippen molar-refractivity contribution in [2.75, 3.05) is 26.4 Å². The van der Waals surface area contributed by atoms with Crippen molar-refractivity contribution in [1.82, 2.24) is 16.0 Å². The largest absolute Gasteiger partial charge is 0.726 e. The van der Waals surface area contributed by atoms with E-state index in [1.54, 1.807) is 0 Å². The molecule has 27 nitrogen and oxygen atoms in total. The van der Waals surface area contributed by atoms with E-state index in [-0.39, 0.29) is 0 Å². The molecule has 0 spiro atoms. The number of aliphatic hydroxyl groups excluding tert-OH is 9. The highest BCUT2D eigenvalue weighted by Crippen LogP contribution is 2.34. The summed E-state index contributed by atoms with van der Waals surface area (Å²) in [6, 6.07) is -6.44. The van der Waals surface area contributed by atoms with Crippen LogP contribution in [0.2, 0.25) is 0 Å². The minimum atomic E-state index is -5.38. The summed E-state index contributed by atoms with van der Waals surface area (Å²) in [5, 5.41) is 103. The quantitative estimate of drug-likeness (QED) is 0.0537. The van der Waals surface area contributed by atoms with Crippen LogP contribution in [0.15, 0.2) is 0 Å². The van der Waals surface area contributed by atoms with Crippen molar-refractivity contribution in [3.63, 3.8) is 0 Å². The van der Waals surface area contributed by atoms with Crippen LogP contribution in [0.5, 0.6) is 0 Å². The van der Waals surface area contributed by atoms with E-state index in [1.807, 2.05) is 0 Å². The van der Waals surface area contributed by atoms with Gasteiger partial charge in [0.2, 0.25) is 28.1 Å². The first-order valence-electron chi connectivity index (χ1n) is 17.8. The van der Waals surface area contributed by atoms with Gasteiger partial charge in [-0.25, -0.2) is 8.42 Å². The summed E-state index contributed by atoms with van der Waals surface area (Å²) in [5.41, 5.74) is 5.97. The van der Waals surface area contributed by atoms with Crippen LogP contribution in [0.3, 0.4) is 0 Å². The van der Waals surface area contributed by atoms with Crippen LogP contribution >= 0.6 is 0 Å². The summed E-state index contributed by atoms with van der Waals surface area (Å²) < 4.78 is 78.1. The number of aliphatic hydroxyl groups is 9. The summed E-state index contributed by atoms with van der Waals surface area (Å²) in [6.07, 6.45) is -28.2. The number of ether oxygens (including phenoxy) is 7. The molecule has 20 atom stereocenters. The van der Waals surface area contributed by atoms with Gasteiger partial charge in [0.15, 0.2) is 25.2 Å². The average Bonchev–Trinajstić information content (AvgIpc) is 3.14. The lowest BCUT2D eigenvalue weighted by Gasteiger charge is -2.50. The molecule has 58 heavy (non-hydrogen) atoms. The Bertz CT molecular complexity index is 1500. The molecule has 336 valence electrons. The smallest absolute Gasteiger partial charge is 0.217 e. The second-order valence-corrected chi connectivity index (χ2v) is 15.0. The lowest BCUT2D eigenvalue weighted by molar-refractivity contribution is -0.361. The van der Waals surface area contributed by atoms with Crippen LogP contribution in [-0.2, 0) is 62.1 Å². The minimum Gasteiger partial charge on any atom is -0.726 e. The van der Waals surface area contributed by atoms with Crippen LogP contribution in [0.1, 0.15) is 20.8 Å². The van der Waals surface area contributed by atoms with Crippen molar-refractivity contribution in [2.45, 2.75) is 143 Å². The van der Waals surface area contributed by atoms with E-state index in [4.69, 9.17) is 38.9 Å². The van der Waals surface area contributed by atoms with E-state index in [0.29, 0.717) is 0 Å². The molecule has 4 aliphatic rings. The second-order valence-electron chi connectivity index (χ2n) is 13.9. The van der Waals surface area contributed by atoms with Gasteiger partial charge in [0.25, 0.3) is 0 Å². The van der Waals surface area contributed by atoms with Crippen molar-refractivity contribution in [3.05, 3.63) is 0 Å². The highest BCUT2D eigenvalue weighted by atomic mass is 32.3. The van der Waals surface area contributed by atoms with E-state index in [2.05, 4.69) is 20.1 Å². The standard InChI is InChI=1S/C30H52N4O23S/c1-8(38)32-16-21(43)26(14(51-27(16)46)7-50-58(47,48)49)57-30-18(34-10(3)40)23(45)25(13(6-37)54-30)56-29-17(33-9(2)39)22(44)24(12(5-36)53-29)55-28-15(31)20(42)19(41)11(4-35)52-28/h11-30,35-37,41-46H,4-7,31H2,1-3H3,(H,32,38)(H,33,39)(H,34,40)(H,47,48,49)/p-1/t11-,12-,13-,14-,15+,16-,17-,18+,19-,20?,21?,22?,23?,24-,25-,26-,27-,28+,29+,30+/m1/s1. The summed E-state index contributed by atoms with van der Waals surface area (Å²) >= 11 is 0. The fourth-order valence-electron chi connectivity index (χ4n) is 6.95. The topological polar surface area (TPSA) is 426 Å². The zero-order chi connectivity index (χ0) is 43.4. The third-order valence-corrected chi connectivity index (χ3v) is 10.1. The van der Waals surface area contributed by atoms with Gasteiger partial charge in [-0.2, -0.15) is 0 Å². The number of carbonyl (C=O) groups excluding carboxylic acids is 3. The highest BCUT2D eigenvalue weighted by Gasteiger charge is 2.56. The summed E-state index contributed by atoms with van der Waals surface area (Å²) in [5.74, 6) is -2.36. The van der Waals surface area contributed by atoms with E-state index < -0.39 is 177 Å². The highest BCUT2D eigenvalue weighted by molar-refractivity contribution is 7.80. The zero-order valence-corrected chi connectivity index (χ0v) is 31.9. The Labute approximate surface area is 330 Å². The Morgan fingerprint density at radius 1 is 0.586 bits per heavy atom. The van der Waals surface area contributed by atoms with Crippen molar-refractivity contribution >= 4 is 28.1 Å². The van der Waals surface area contributed by atoms with Crippen LogP contribution in [0.25, 0.3) is 0 Å². The Kier molecular flexibility index (Phi) is 17.0. The first-order chi connectivity index (χ1) is 27.1. The second kappa shape index (κ2) is 20.4. The number of carbonyl (C=O) groups is 3. The van der Waals surface area contributed by atoms with Crippen LogP contribution < -0.4 is 21.7 Å². The van der Waals surface area contributed by atoms with Gasteiger partial charge in [0.05, 0.1) is 32.5 Å². The van der Waals surface area contributed by atoms with Gasteiger partial charge >= 0.3 is 0 Å². The molecule has 3 amide bonds. The fraction of sp³-hybridized carbons (Fsp3) is 0.900. The predicted octanol–water partition coefficient (Wildman–Crippen LogP) is -9.87. The molecule has 4 aliphatic heterocycles. The van der Waals surface area contributed by atoms with E-state index in [1.165, 1.54) is 0 Å². The number of nitrogens with two attached hydrogens (primary N) is 1. The number of amides is 3. The monoisotopic (exact) mass is 867 g/mol. The number of nitrogens with one attached hydrogen (secondary N) is 3. The van der Waals surface area contributed by atoms with Crippen molar-refractivity contribution in [2.24, 2.45) is 5.73 Å². The average molecular weight is 868 g/mol. The van der Waals surface area contributed by atoms with Gasteiger partial charge in [-0.3, -0.25) is 18.6 Å². The number of hydrogen-bond acceptors (Lipinski definition) is 24. The molecule has 14 N–H and O–H groups in total. The maximum absolute atomic E-state index is 12.4. The third kappa shape index (κ3) is 11.5. The van der Waals surface area contributed by atoms with Gasteiger partial charge in [0.1, 0.15) is 91.4 Å². The SMILES string of the molecule is CC(=O)N[C@@H]1C(O)[C@H](O[C@@H]2O[C@H](CO)[C@@H](O)C(O)[C@@H]2N)[C@@H](CO)O[C@H]1O[C@H]1C(O)[C@H](NC(C)=O)[C@H](O[C@H]2C(O)[C@@H](NC(C)=O)[C@H](O)O[C@@H]2COS(=O)(=O)[O-])O[C@@H]1CO. The van der Waals surface area contributed by atoms with Gasteiger partial charge in [-0.15, -0.1) is 0 Å². The molecule has 0 radical (unpaired) electrons. The number of hydrogen-bond donors (Lipinski definition) is 13. The van der Waals surface area contributed by atoms with Gasteiger partial charge in [0, 0.05) is 20.8 Å². The molecule has 0 bridgehead atoms. The van der Waals surface area contributed by atoms with Crippen molar-refractivity contribution in [1.29, 1.82) is 0 Å². The van der Waals surface area contributed by atoms with Gasteiger partial charge < -0.3 is 105 Å². The molecule has 4 heterocycles. The summed E-state index contributed by atoms with van der Waals surface area (Å²) in [7, 11) is -5.38. The maximum atomic E-state index is 12.4. The van der Waals surface area contributed by atoms with Crippen molar-refractivity contribution in [3.8, 4) is 0 Å². The molecule has 0 aromatic heterocycles. The molecule has 0 saturated carbocycles. The lowest BCUT2D eigenvalue weighted by atomic mass is 9.93. The molecule has 0 aromatic carbocycles. The minimum absolute atomic E-state index is 0.767. The normalized spacial score (nSPS) is 43.6. The zero-order valence-electron chi connectivity index (χ0n) is 31.1. The summed E-state index contributed by atoms with van der Waals surface area (Å²) in [4.78, 5) is 36.5. The van der Waals surface area contributed by atoms with Crippen LogP contribution in [-0.4, -0.2) is 226 Å². The van der Waals surface area contributed by atoms with E-state index in [0.717, 1.165) is 20.8 Å². The molecule has 4 fully saturated rings. The van der Waals surface area contributed by atoms with E-state index in [9.17, 15) is 73.3 Å². The van der Waals surface area contributed by atoms with Gasteiger partial charge in [-0.05, 0) is 0 Å². The van der Waals surface area contributed by atoms with Crippen LogP contribution in [0, 0.1) is 0 Å². The molecule has 0 aliphatic carbocycles. The predicted molar refractivity (Wildman–Crippen MR) is 179 cm³/mol. The van der Waals surface area contributed by atoms with Gasteiger partial charge in [-0.1, -0.05) is 0 Å². The molecule has 28 heteroatoms. The molecule has 4 rings (SSSR count). The first kappa shape index (κ1) is 48.3. The summed E-state index contributed by atoms with van der Waals surface area (Å²) in [6.45, 7) is -0.755. The van der Waals surface area contributed by atoms with E-state index >= 15 is 0 Å². The molecular weight excluding hydrogens is 816 g/mol. The molecule has 0 aromatic rings. The fourth-order valence-corrected chi connectivity index (χ4v) is 7.25. The molecule has 4 unspecified atom stereocenters. The molecular formula is C30H51N4O23S-. The maximum Gasteiger partial charge on any atom is 0.217 e. The Morgan fingerprint density at radius 2 is 0.966 bits per heavy atom. The Balaban J connectivity index is 1.62. The Morgan fingerprint density at radius 3 is 1.38 bits per heavy atom.